The molecule has 1 aliphatic carbocycles. The Morgan fingerprint density at radius 3 is 2.07 bits per heavy atom. The van der Waals surface area contributed by atoms with Crippen molar-refractivity contribution in [1.29, 1.82) is 0 Å². The second-order valence-electron chi connectivity index (χ2n) is 10.9. The zero-order valence-corrected chi connectivity index (χ0v) is 23.7. The van der Waals surface area contributed by atoms with Gasteiger partial charge in [0.2, 0.25) is 0 Å². The summed E-state index contributed by atoms with van der Waals surface area (Å²) in [6.45, 7) is 4.23. The van der Waals surface area contributed by atoms with Gasteiger partial charge in [0.05, 0.1) is 12.8 Å². The molecule has 0 bridgehead atoms. The molecule has 0 spiro atoms. The average Bonchev–Trinajstić information content (AvgIpc) is 3.17. The Balaban J connectivity index is 0.000000383. The van der Waals surface area contributed by atoms with Gasteiger partial charge in [0.25, 0.3) is 0 Å². The van der Waals surface area contributed by atoms with E-state index in [0.29, 0.717) is 5.92 Å². The molecule has 10 nitrogen and oxygen atoms in total. The van der Waals surface area contributed by atoms with Crippen molar-refractivity contribution < 1.29 is 52.7 Å². The molecule has 5 N–H and O–H groups in total. The Morgan fingerprint density at radius 1 is 1.07 bits per heavy atom. The van der Waals surface area contributed by atoms with E-state index in [4.69, 9.17) is 20.4 Å². The maximum absolute atomic E-state index is 12.5. The van der Waals surface area contributed by atoms with Crippen molar-refractivity contribution in [2.45, 2.75) is 95.1 Å². The molecule has 1 aromatic heterocycles. The van der Waals surface area contributed by atoms with Crippen LogP contribution < -0.4 is 4.74 Å². The van der Waals surface area contributed by atoms with Crippen molar-refractivity contribution in [3.63, 3.8) is 0 Å². The minimum atomic E-state index is -4.67. The predicted octanol–water partition coefficient (Wildman–Crippen LogP) is 5.27. The van der Waals surface area contributed by atoms with Crippen molar-refractivity contribution in [2.24, 2.45) is 0 Å². The summed E-state index contributed by atoms with van der Waals surface area (Å²) in [4.78, 5) is 36.4. The van der Waals surface area contributed by atoms with E-state index >= 15 is 0 Å². The van der Waals surface area contributed by atoms with Crippen LogP contribution in [0.4, 0.5) is 13.2 Å². The van der Waals surface area contributed by atoms with Gasteiger partial charge in [-0.25, -0.2) is 4.79 Å². The number of carboxylic acids is 3. The molecule has 1 saturated carbocycles. The summed E-state index contributed by atoms with van der Waals surface area (Å²) in [6.07, 6.45) is 1.24. The first-order chi connectivity index (χ1) is 18.9. The van der Waals surface area contributed by atoms with Gasteiger partial charge in [-0.1, -0.05) is 19.8 Å². The van der Waals surface area contributed by atoms with Gasteiger partial charge in [0.1, 0.15) is 5.75 Å². The fourth-order valence-electron chi connectivity index (χ4n) is 5.52. The third-order valence-corrected chi connectivity index (χ3v) is 7.86. The van der Waals surface area contributed by atoms with Crippen LogP contribution in [-0.4, -0.2) is 79.8 Å². The predicted molar refractivity (Wildman–Crippen MR) is 144 cm³/mol. The van der Waals surface area contributed by atoms with E-state index in [1.165, 1.54) is 37.1 Å². The maximum atomic E-state index is 12.5. The van der Waals surface area contributed by atoms with E-state index in [9.17, 15) is 27.6 Å². The highest BCUT2D eigenvalue weighted by Crippen LogP contribution is 2.44. The van der Waals surface area contributed by atoms with E-state index in [1.807, 2.05) is 6.92 Å². The number of aryl methyl sites for hydroxylation is 1. The molecule has 0 aliphatic heterocycles. The first kappa shape index (κ1) is 33.9. The number of nitrogens with zero attached hydrogens (tertiary/aromatic N) is 1. The van der Waals surface area contributed by atoms with Gasteiger partial charge in [0, 0.05) is 22.1 Å². The van der Waals surface area contributed by atoms with Crippen LogP contribution in [0, 0.1) is 6.92 Å². The van der Waals surface area contributed by atoms with Gasteiger partial charge in [-0.15, -0.1) is 13.2 Å². The Labute approximate surface area is 236 Å². The summed E-state index contributed by atoms with van der Waals surface area (Å²) in [7, 11) is 4.37. The number of fused-ring (bicyclic) bond motifs is 1. The average molecular weight is 589 g/mol. The summed E-state index contributed by atoms with van der Waals surface area (Å²) in [5, 5.41) is 34.6. The Bertz CT molecular complexity index is 1200. The lowest BCUT2D eigenvalue weighted by Gasteiger charge is -2.45. The minimum Gasteiger partial charge on any atom is -0.481 e. The first-order valence-electron chi connectivity index (χ1n) is 13.4. The largest absolute Gasteiger partial charge is 0.573 e. The molecule has 1 aromatic carbocycles. The molecule has 0 unspecified atom stereocenters. The molecule has 1 fully saturated rings. The van der Waals surface area contributed by atoms with Crippen LogP contribution in [0.25, 0.3) is 10.9 Å². The number of benzene rings is 1. The molecule has 0 saturated heterocycles. The summed E-state index contributed by atoms with van der Waals surface area (Å²) >= 11 is 0. The molecule has 0 atom stereocenters. The first-order valence-corrected chi connectivity index (χ1v) is 13.4. The van der Waals surface area contributed by atoms with Crippen molar-refractivity contribution in [3.8, 4) is 5.75 Å². The van der Waals surface area contributed by atoms with Gasteiger partial charge >= 0.3 is 24.3 Å². The number of nitrogens with one attached hydrogen (secondary N) is 1. The fourth-order valence-corrected chi connectivity index (χ4v) is 5.52. The van der Waals surface area contributed by atoms with Crippen LogP contribution in [0.3, 0.4) is 0 Å². The lowest BCUT2D eigenvalue weighted by Crippen LogP contribution is -2.46. The Kier molecular flexibility index (Phi) is 11.2. The zero-order chi connectivity index (χ0) is 31.2. The van der Waals surface area contributed by atoms with Gasteiger partial charge in [-0.3, -0.25) is 9.59 Å². The molecule has 0 radical (unpaired) electrons. The number of hydrogen-bond acceptors (Lipinski definition) is 6. The number of hydrogen-bond donors (Lipinski definition) is 5. The highest BCUT2D eigenvalue weighted by atomic mass is 19.4. The fraction of sp³-hybridized carbons (Fsp3) is 0.607. The molecular formula is C28H39F3N2O8. The molecule has 230 valence electrons. The van der Waals surface area contributed by atoms with Crippen molar-refractivity contribution in [3.05, 3.63) is 29.5 Å². The SMILES string of the molecule is CCCCC1(N(C)C)CCC(c2[nH]c3ccc(OC(F)(F)F)cc3c2C)CC1.O=C(O)CC(O)(CC(=O)O)C(=O)O. The lowest BCUT2D eigenvalue weighted by molar-refractivity contribution is -0.274. The second kappa shape index (κ2) is 13.6. The molecule has 0 amide bonds. The maximum Gasteiger partial charge on any atom is 0.573 e. The molecule has 41 heavy (non-hydrogen) atoms. The van der Waals surface area contributed by atoms with E-state index in [2.05, 4.69) is 35.6 Å². The third-order valence-electron chi connectivity index (χ3n) is 7.86. The molecule has 2 aromatic rings. The van der Waals surface area contributed by atoms with Crippen molar-refractivity contribution >= 4 is 28.8 Å². The van der Waals surface area contributed by atoms with E-state index in [-0.39, 0.29) is 11.3 Å². The number of aromatic nitrogens is 1. The summed E-state index contributed by atoms with van der Waals surface area (Å²) in [6, 6.07) is 4.55. The van der Waals surface area contributed by atoms with Gasteiger partial charge < -0.3 is 35.0 Å². The van der Waals surface area contributed by atoms with Gasteiger partial charge in [-0.05, 0) is 82.8 Å². The number of ether oxygens (including phenoxy) is 1. The number of aromatic amines is 1. The second-order valence-corrected chi connectivity index (χ2v) is 10.9. The van der Waals surface area contributed by atoms with Crippen LogP contribution in [0.1, 0.15) is 81.9 Å². The Hall–Kier alpha value is -3.32. The molecule has 1 heterocycles. The number of aliphatic carboxylic acids is 3. The third kappa shape index (κ3) is 9.09. The molecule has 13 heteroatoms. The highest BCUT2D eigenvalue weighted by molar-refractivity contribution is 5.88. The van der Waals surface area contributed by atoms with E-state index < -0.39 is 42.7 Å². The normalized spacial score (nSPS) is 19.5. The van der Waals surface area contributed by atoms with Gasteiger partial charge in [0.15, 0.2) is 5.60 Å². The summed E-state index contributed by atoms with van der Waals surface area (Å²) in [5.74, 6) is -4.76. The number of H-pyrrole nitrogens is 1. The highest BCUT2D eigenvalue weighted by Gasteiger charge is 2.41. The number of aliphatic hydroxyl groups is 1. The van der Waals surface area contributed by atoms with Crippen molar-refractivity contribution in [2.75, 3.05) is 14.1 Å². The van der Waals surface area contributed by atoms with Crippen LogP contribution >= 0.6 is 0 Å². The number of carboxylic acid groups (broad SMARTS) is 3. The van der Waals surface area contributed by atoms with Crippen LogP contribution in [0.5, 0.6) is 5.75 Å². The number of carbonyl (C=O) groups is 3. The van der Waals surface area contributed by atoms with Gasteiger partial charge in [-0.2, -0.15) is 0 Å². The number of rotatable bonds is 11. The minimum absolute atomic E-state index is 0.163. The monoisotopic (exact) mass is 588 g/mol. The Morgan fingerprint density at radius 2 is 1.63 bits per heavy atom. The smallest absolute Gasteiger partial charge is 0.481 e. The van der Waals surface area contributed by atoms with Crippen LogP contribution in [-0.2, 0) is 14.4 Å². The molecule has 1 aliphatic rings. The van der Waals surface area contributed by atoms with Crippen LogP contribution in [0.2, 0.25) is 0 Å². The zero-order valence-electron chi connectivity index (χ0n) is 23.7. The summed E-state index contributed by atoms with van der Waals surface area (Å²) < 4.78 is 41.7. The lowest BCUT2D eigenvalue weighted by atomic mass is 9.72. The number of unbranched alkanes of at least 4 members (excludes halogenated alkanes) is 1. The quantitative estimate of drug-likeness (QED) is 0.235. The molecular weight excluding hydrogens is 549 g/mol. The summed E-state index contributed by atoms with van der Waals surface area (Å²) in [5.41, 5.74) is 0.621. The standard InChI is InChI=1S/C22H31F3N2O.C6H8O7/c1-5-6-11-21(27(3)4)12-9-16(10-13-21)20-15(2)18-14-17(28-22(23,24)25)7-8-19(18)26-20;7-3(8)1-6(13,5(11)12)2-4(9)10/h7-8,14,16,26H,5-6,9-13H2,1-4H3;13H,1-2H2,(H,7,8)(H,9,10)(H,11,12). The van der Waals surface area contributed by atoms with E-state index in [0.717, 1.165) is 42.1 Å². The number of halogens is 3. The van der Waals surface area contributed by atoms with Crippen molar-refractivity contribution in [1.82, 2.24) is 9.88 Å². The molecule has 3 rings (SSSR count). The topological polar surface area (TPSA) is 160 Å². The number of alkyl halides is 3. The van der Waals surface area contributed by atoms with E-state index in [1.54, 1.807) is 6.07 Å². The van der Waals surface area contributed by atoms with Crippen LogP contribution in [0.15, 0.2) is 18.2 Å².